The number of aliphatic hydroxyl groups excluding tert-OH is 1. The molecule has 3 aliphatic carbocycles. The number of hydrogen-bond acceptors (Lipinski definition) is 11. The van der Waals surface area contributed by atoms with Crippen LogP contribution in [0.2, 0.25) is 0 Å². The number of benzene rings is 3. The van der Waals surface area contributed by atoms with Crippen molar-refractivity contribution in [3.05, 3.63) is 140 Å². The lowest BCUT2D eigenvalue weighted by Gasteiger charge is -2.32. The van der Waals surface area contributed by atoms with E-state index in [9.17, 15) is 40.2 Å². The Hall–Kier alpha value is -6.20. The second kappa shape index (κ2) is 27.2. The van der Waals surface area contributed by atoms with Crippen LogP contribution in [0, 0.1) is 17.8 Å². The maximum atomic E-state index is 12.5. The summed E-state index contributed by atoms with van der Waals surface area (Å²) in [4.78, 5) is 24.8. The molecule has 11 nitrogen and oxygen atoms in total. The number of ether oxygens (including phenoxy) is 2. The van der Waals surface area contributed by atoms with Crippen molar-refractivity contribution in [2.75, 3.05) is 20.3 Å². The number of aromatic hydroxyl groups is 6. The fraction of sp³-hybridized carbons (Fsp3) is 0.484. The van der Waals surface area contributed by atoms with E-state index in [2.05, 4.69) is 45.7 Å². The minimum absolute atomic E-state index is 0.0168. The van der Waals surface area contributed by atoms with E-state index in [4.69, 9.17) is 14.6 Å². The minimum Gasteiger partial charge on any atom is -0.507 e. The van der Waals surface area contributed by atoms with Crippen LogP contribution in [0.15, 0.2) is 95.7 Å². The fourth-order valence-corrected chi connectivity index (χ4v) is 11.0. The first-order valence-electron chi connectivity index (χ1n) is 26.1. The number of aliphatic hydroxyl groups is 1. The van der Waals surface area contributed by atoms with Crippen LogP contribution >= 0.6 is 0 Å². The number of phenols is 6. The molecule has 0 fully saturated rings. The largest absolute Gasteiger partial charge is 0.507 e. The third-order valence-electron chi connectivity index (χ3n) is 14.6. The molecule has 3 aliphatic rings. The maximum Gasteiger partial charge on any atom is 0.342 e. The van der Waals surface area contributed by atoms with Crippen LogP contribution in [-0.2, 0) is 28.7 Å². The molecule has 0 bridgehead atoms. The predicted molar refractivity (Wildman–Crippen MR) is 292 cm³/mol. The van der Waals surface area contributed by atoms with Gasteiger partial charge in [-0.1, -0.05) is 111 Å². The van der Waals surface area contributed by atoms with Gasteiger partial charge in [0, 0.05) is 34.4 Å². The van der Waals surface area contributed by atoms with Crippen LogP contribution in [0.3, 0.4) is 0 Å². The number of allylic oxidation sites excluding steroid dienone is 9. The topological polar surface area (TPSA) is 194 Å². The quantitative estimate of drug-likeness (QED) is 0.0533. The third kappa shape index (κ3) is 14.5. The number of methoxy groups -OCH3 is 1. The van der Waals surface area contributed by atoms with E-state index >= 15 is 0 Å². The Labute approximate surface area is 435 Å². The van der Waals surface area contributed by atoms with E-state index in [0.29, 0.717) is 40.7 Å². The van der Waals surface area contributed by atoms with Gasteiger partial charge in [-0.2, -0.15) is 0 Å². The van der Waals surface area contributed by atoms with Crippen LogP contribution in [0.25, 0.3) is 0 Å². The average molecular weight is 1010 g/mol. The van der Waals surface area contributed by atoms with Crippen molar-refractivity contribution >= 4 is 11.9 Å². The summed E-state index contributed by atoms with van der Waals surface area (Å²) in [6.45, 7) is 30.0. The molecule has 0 aromatic heterocycles. The summed E-state index contributed by atoms with van der Waals surface area (Å²) in [5.41, 5.74) is 10.6. The lowest BCUT2D eigenvalue weighted by Crippen LogP contribution is -2.19. The molecule has 6 atom stereocenters. The molecule has 0 heterocycles. The van der Waals surface area contributed by atoms with Gasteiger partial charge < -0.3 is 45.2 Å². The highest BCUT2D eigenvalue weighted by Crippen LogP contribution is 2.51. The van der Waals surface area contributed by atoms with Crippen molar-refractivity contribution in [2.45, 2.75) is 157 Å². The zero-order valence-electron chi connectivity index (χ0n) is 45.3. The van der Waals surface area contributed by atoms with Gasteiger partial charge in [0.05, 0.1) is 13.7 Å². The van der Waals surface area contributed by atoms with Crippen molar-refractivity contribution in [3.63, 3.8) is 0 Å². The Bertz CT molecular complexity index is 2570. The Balaban J connectivity index is 0.000000239. The SMILES string of the molecule is C=C(C)[C@H]1CCC(C)=C[C@@H]1c1c(O)cc(CCC)c(C(=O)OC)c1O.C=C(C)[C@H]1CCC(C)=C[C@@H]1c1c(O)cc(CCC)c(C(=O)OCCO)c1O.C=C(C)[C@H]1CCC(C)=C[C@@H]1c1c(O)cc(CCC)cc1O. The van der Waals surface area contributed by atoms with Gasteiger partial charge in [-0.15, -0.1) is 0 Å². The molecule has 3 aromatic rings. The highest BCUT2D eigenvalue weighted by Gasteiger charge is 2.36. The van der Waals surface area contributed by atoms with E-state index < -0.39 is 11.9 Å². The van der Waals surface area contributed by atoms with Gasteiger partial charge in [0.1, 0.15) is 52.2 Å². The zero-order valence-corrected chi connectivity index (χ0v) is 45.3. The molecule has 0 saturated carbocycles. The van der Waals surface area contributed by atoms with Gasteiger partial charge in [-0.05, 0) is 158 Å². The molecule has 3 aromatic carbocycles. The van der Waals surface area contributed by atoms with Crippen LogP contribution in [0.5, 0.6) is 34.5 Å². The number of phenolic OH excluding ortho intramolecular Hbond substituents is 6. The third-order valence-corrected chi connectivity index (χ3v) is 14.6. The fourth-order valence-electron chi connectivity index (χ4n) is 11.0. The smallest absolute Gasteiger partial charge is 0.342 e. The molecule has 0 radical (unpaired) electrons. The van der Waals surface area contributed by atoms with Crippen LogP contribution < -0.4 is 0 Å². The van der Waals surface area contributed by atoms with Gasteiger partial charge in [0.2, 0.25) is 0 Å². The van der Waals surface area contributed by atoms with E-state index in [-0.39, 0.29) is 94.3 Å². The first-order chi connectivity index (χ1) is 34.6. The lowest BCUT2D eigenvalue weighted by molar-refractivity contribution is 0.0428. The molecule has 398 valence electrons. The zero-order chi connectivity index (χ0) is 54.4. The number of hydrogen-bond donors (Lipinski definition) is 7. The molecule has 0 unspecified atom stereocenters. The van der Waals surface area contributed by atoms with Gasteiger partial charge in [0.25, 0.3) is 0 Å². The molecular weight excluding hydrogens is 921 g/mol. The average Bonchev–Trinajstić information content (AvgIpc) is 3.31. The molecule has 6 rings (SSSR count). The number of carbonyl (C=O) groups is 2. The van der Waals surface area contributed by atoms with E-state index in [1.807, 2.05) is 54.5 Å². The molecule has 0 spiro atoms. The summed E-state index contributed by atoms with van der Waals surface area (Å²) in [6.07, 6.45) is 16.6. The van der Waals surface area contributed by atoms with Crippen molar-refractivity contribution in [3.8, 4) is 34.5 Å². The Kier molecular flexibility index (Phi) is 22.1. The number of carbonyl (C=O) groups excluding carboxylic acids is 2. The minimum atomic E-state index is -0.686. The van der Waals surface area contributed by atoms with E-state index in [1.165, 1.54) is 23.8 Å². The van der Waals surface area contributed by atoms with Gasteiger partial charge in [0.15, 0.2) is 0 Å². The summed E-state index contributed by atoms with van der Waals surface area (Å²) >= 11 is 0. The molecule has 0 amide bonds. The second-order valence-corrected chi connectivity index (χ2v) is 20.6. The molecule has 73 heavy (non-hydrogen) atoms. The first kappa shape index (κ1) is 59.4. The van der Waals surface area contributed by atoms with E-state index in [0.717, 1.165) is 86.5 Å². The van der Waals surface area contributed by atoms with Gasteiger partial charge in [-0.25, -0.2) is 9.59 Å². The summed E-state index contributed by atoms with van der Waals surface area (Å²) in [5, 5.41) is 73.0. The first-order valence-corrected chi connectivity index (χ1v) is 26.1. The van der Waals surface area contributed by atoms with Crippen LogP contribution in [0.1, 0.15) is 192 Å². The van der Waals surface area contributed by atoms with Crippen molar-refractivity contribution in [1.82, 2.24) is 0 Å². The van der Waals surface area contributed by atoms with Gasteiger partial charge in [-0.3, -0.25) is 0 Å². The monoisotopic (exact) mass is 1000 g/mol. The van der Waals surface area contributed by atoms with Gasteiger partial charge >= 0.3 is 11.9 Å². The summed E-state index contributed by atoms with van der Waals surface area (Å²) in [7, 11) is 1.30. The molecule has 0 aliphatic heterocycles. The normalized spacial score (nSPS) is 20.4. The molecule has 7 N–H and O–H groups in total. The molecular formula is C62H84O11. The number of esters is 2. The van der Waals surface area contributed by atoms with Crippen LogP contribution in [-0.4, -0.2) is 68.0 Å². The summed E-state index contributed by atoms with van der Waals surface area (Å²) in [6, 6.07) is 6.75. The second-order valence-electron chi connectivity index (χ2n) is 20.6. The molecule has 0 saturated heterocycles. The van der Waals surface area contributed by atoms with Crippen LogP contribution in [0.4, 0.5) is 0 Å². The summed E-state index contributed by atoms with van der Waals surface area (Å²) < 4.78 is 9.93. The van der Waals surface area contributed by atoms with Crippen molar-refractivity contribution < 1.29 is 54.8 Å². The summed E-state index contributed by atoms with van der Waals surface area (Å²) in [5.74, 6) is -1.21. The standard InChI is InChI=1S/C22H30O5.C21H28O4.C19H26O2/c1-5-6-15-12-18(24)20(21(25)19(15)22(26)27-10-9-23)17-11-14(4)7-8-16(17)13(2)3;1-6-7-14-11-17(22)19(20(23)18(14)21(24)25-5)16-10-13(4)8-9-15(16)12(2)3;1-5-6-14-10-17(20)19(18(21)11-14)16-9-13(4)7-8-15(16)12(2)3/h11-12,16-17,23-25H,2,5-10H2,1,3-4H3;10-11,15-16,22-23H,2,6-9H2,1,3-5H3;9-11,15-16,20-21H,2,5-8H2,1,3-4H3/t16-,17+;2*15-,16+/m111/s1. The Morgan fingerprint density at radius 3 is 1.22 bits per heavy atom. The number of rotatable bonds is 16. The predicted octanol–water partition coefficient (Wildman–Crippen LogP) is 14.1. The maximum absolute atomic E-state index is 12.5. The highest BCUT2D eigenvalue weighted by atomic mass is 16.5. The number of aryl methyl sites for hydroxylation is 3. The highest BCUT2D eigenvalue weighted by molar-refractivity contribution is 5.96. The van der Waals surface area contributed by atoms with E-state index in [1.54, 1.807) is 24.3 Å². The Morgan fingerprint density at radius 1 is 0.548 bits per heavy atom. The van der Waals surface area contributed by atoms with Crippen molar-refractivity contribution in [2.24, 2.45) is 17.8 Å². The molecule has 11 heteroatoms. The van der Waals surface area contributed by atoms with Crippen molar-refractivity contribution in [1.29, 1.82) is 0 Å². The lowest BCUT2D eigenvalue weighted by atomic mass is 9.73. The Morgan fingerprint density at radius 2 is 0.890 bits per heavy atom.